The van der Waals surface area contributed by atoms with Crippen LogP contribution in [0.25, 0.3) is 0 Å². The molecule has 0 aromatic heterocycles. The molecule has 0 spiro atoms. The highest BCUT2D eigenvalue weighted by molar-refractivity contribution is 4.59. The Morgan fingerprint density at radius 2 is 1.80 bits per heavy atom. The molecule has 0 rings (SSSR count). The molecule has 0 aromatic carbocycles. The quantitative estimate of drug-likeness (QED) is 0.519. The Hall–Kier alpha value is -0.0800. The summed E-state index contributed by atoms with van der Waals surface area (Å²) >= 11 is 0. The highest BCUT2D eigenvalue weighted by atomic mass is 16.5. The molecule has 0 aliphatic heterocycles. The normalized spacial score (nSPS) is 11.6. The van der Waals surface area contributed by atoms with Gasteiger partial charge in [-0.2, -0.15) is 0 Å². The molecule has 2 heteroatoms. The zero-order valence-corrected chi connectivity index (χ0v) is 11.1. The highest BCUT2D eigenvalue weighted by Gasteiger charge is 2.04. The van der Waals surface area contributed by atoms with E-state index < -0.39 is 0 Å². The fourth-order valence-electron chi connectivity index (χ4n) is 1.67. The van der Waals surface area contributed by atoms with Crippen molar-refractivity contribution in [1.29, 1.82) is 0 Å². The van der Waals surface area contributed by atoms with E-state index in [4.69, 9.17) is 4.74 Å². The molecule has 15 heavy (non-hydrogen) atoms. The number of hydrogen-bond donors (Lipinski definition) is 0. The maximum atomic E-state index is 5.06. The molecule has 2 nitrogen and oxygen atoms in total. The van der Waals surface area contributed by atoms with Gasteiger partial charge in [0, 0.05) is 13.7 Å². The zero-order chi connectivity index (χ0) is 11.5. The van der Waals surface area contributed by atoms with Crippen molar-refractivity contribution in [3.8, 4) is 0 Å². The van der Waals surface area contributed by atoms with Crippen molar-refractivity contribution in [2.24, 2.45) is 5.92 Å². The van der Waals surface area contributed by atoms with E-state index in [0.29, 0.717) is 0 Å². The Bertz CT molecular complexity index is 126. The predicted octanol–water partition coefficient (Wildman–Crippen LogP) is 3.17. The minimum Gasteiger partial charge on any atom is -0.385 e. The number of rotatable bonds is 10. The van der Waals surface area contributed by atoms with Crippen LogP contribution in [0.1, 0.15) is 46.5 Å². The van der Waals surface area contributed by atoms with Gasteiger partial charge in [-0.05, 0) is 51.2 Å². The smallest absolute Gasteiger partial charge is 0.0462 e. The lowest BCUT2D eigenvalue weighted by Gasteiger charge is -2.22. The van der Waals surface area contributed by atoms with E-state index >= 15 is 0 Å². The van der Waals surface area contributed by atoms with Gasteiger partial charge in [-0.3, -0.25) is 0 Å². The maximum absolute atomic E-state index is 5.06. The van der Waals surface area contributed by atoms with Crippen molar-refractivity contribution in [3.63, 3.8) is 0 Å². The van der Waals surface area contributed by atoms with E-state index in [2.05, 4.69) is 25.7 Å². The second kappa shape index (κ2) is 10.4. The minimum absolute atomic E-state index is 0.823. The summed E-state index contributed by atoms with van der Waals surface area (Å²) in [6.07, 6.45) is 5.05. The number of hydrogen-bond acceptors (Lipinski definition) is 2. The average Bonchev–Trinajstić information content (AvgIpc) is 2.20. The number of ether oxygens (including phenoxy) is 1. The van der Waals surface area contributed by atoms with Crippen LogP contribution in [-0.2, 0) is 4.74 Å². The molecule has 0 aliphatic rings. The summed E-state index contributed by atoms with van der Waals surface area (Å²) in [5, 5.41) is 0. The fraction of sp³-hybridized carbons (Fsp3) is 1.00. The first-order chi connectivity index (χ1) is 7.20. The Morgan fingerprint density at radius 3 is 2.33 bits per heavy atom. The van der Waals surface area contributed by atoms with Crippen LogP contribution in [0.2, 0.25) is 0 Å². The molecule has 0 fully saturated rings. The molecule has 0 saturated heterocycles. The van der Waals surface area contributed by atoms with E-state index in [9.17, 15) is 0 Å². The third-order valence-corrected chi connectivity index (χ3v) is 2.64. The molecule has 0 N–H and O–H groups in total. The molecule has 0 aliphatic carbocycles. The summed E-state index contributed by atoms with van der Waals surface area (Å²) in [5.74, 6) is 0.823. The first-order valence-corrected chi connectivity index (χ1v) is 6.42. The molecule has 0 atom stereocenters. The summed E-state index contributed by atoms with van der Waals surface area (Å²) in [6.45, 7) is 11.5. The van der Waals surface area contributed by atoms with Crippen LogP contribution >= 0.6 is 0 Å². The van der Waals surface area contributed by atoms with Crippen molar-refractivity contribution < 1.29 is 4.74 Å². The van der Waals surface area contributed by atoms with Crippen LogP contribution in [0.3, 0.4) is 0 Å². The summed E-state index contributed by atoms with van der Waals surface area (Å²) in [6, 6.07) is 0. The van der Waals surface area contributed by atoms with Gasteiger partial charge in [0.2, 0.25) is 0 Å². The zero-order valence-electron chi connectivity index (χ0n) is 11.1. The molecule has 0 heterocycles. The van der Waals surface area contributed by atoms with Crippen molar-refractivity contribution in [1.82, 2.24) is 4.90 Å². The lowest BCUT2D eigenvalue weighted by Crippen LogP contribution is -2.27. The monoisotopic (exact) mass is 215 g/mol. The number of unbranched alkanes of at least 4 members (excludes halogenated alkanes) is 1. The van der Waals surface area contributed by atoms with Gasteiger partial charge in [0.05, 0.1) is 0 Å². The fourth-order valence-corrected chi connectivity index (χ4v) is 1.67. The van der Waals surface area contributed by atoms with Gasteiger partial charge in [-0.1, -0.05) is 20.8 Å². The van der Waals surface area contributed by atoms with Crippen LogP contribution in [-0.4, -0.2) is 38.3 Å². The largest absolute Gasteiger partial charge is 0.385 e. The van der Waals surface area contributed by atoms with Gasteiger partial charge >= 0.3 is 0 Å². The summed E-state index contributed by atoms with van der Waals surface area (Å²) in [7, 11) is 1.78. The molecule has 0 unspecified atom stereocenters. The first kappa shape index (κ1) is 14.9. The van der Waals surface area contributed by atoms with Crippen LogP contribution in [0.4, 0.5) is 0 Å². The lowest BCUT2D eigenvalue weighted by molar-refractivity contribution is 0.182. The average molecular weight is 215 g/mol. The van der Waals surface area contributed by atoms with Crippen LogP contribution in [0, 0.1) is 5.92 Å². The molecular formula is C13H29NO. The van der Waals surface area contributed by atoms with Gasteiger partial charge < -0.3 is 9.64 Å². The lowest BCUT2D eigenvalue weighted by atomic mass is 10.1. The Morgan fingerprint density at radius 1 is 1.07 bits per heavy atom. The summed E-state index contributed by atoms with van der Waals surface area (Å²) < 4.78 is 5.06. The minimum atomic E-state index is 0.823. The SMILES string of the molecule is CCCN(CCCCOC)CCC(C)C. The molecule has 0 amide bonds. The number of methoxy groups -OCH3 is 1. The van der Waals surface area contributed by atoms with Gasteiger partial charge in [0.1, 0.15) is 0 Å². The topological polar surface area (TPSA) is 12.5 Å². The van der Waals surface area contributed by atoms with E-state index in [1.165, 1.54) is 45.3 Å². The van der Waals surface area contributed by atoms with E-state index in [-0.39, 0.29) is 0 Å². The van der Waals surface area contributed by atoms with Crippen LogP contribution in [0.5, 0.6) is 0 Å². The van der Waals surface area contributed by atoms with Gasteiger partial charge in [0.15, 0.2) is 0 Å². The molecule has 0 saturated carbocycles. The molecule has 0 radical (unpaired) electrons. The van der Waals surface area contributed by atoms with E-state index in [1.54, 1.807) is 7.11 Å². The number of nitrogens with zero attached hydrogens (tertiary/aromatic N) is 1. The second-order valence-corrected chi connectivity index (χ2v) is 4.72. The predicted molar refractivity (Wildman–Crippen MR) is 67.3 cm³/mol. The van der Waals surface area contributed by atoms with Crippen LogP contribution in [0.15, 0.2) is 0 Å². The van der Waals surface area contributed by atoms with Gasteiger partial charge in [-0.15, -0.1) is 0 Å². The summed E-state index contributed by atoms with van der Waals surface area (Å²) in [5.41, 5.74) is 0. The van der Waals surface area contributed by atoms with Crippen LogP contribution < -0.4 is 0 Å². The molecule has 0 bridgehead atoms. The Labute approximate surface area is 96.0 Å². The Balaban J connectivity index is 3.53. The van der Waals surface area contributed by atoms with Gasteiger partial charge in [0.25, 0.3) is 0 Å². The van der Waals surface area contributed by atoms with E-state index in [0.717, 1.165) is 12.5 Å². The summed E-state index contributed by atoms with van der Waals surface area (Å²) in [4.78, 5) is 2.59. The van der Waals surface area contributed by atoms with Crippen molar-refractivity contribution in [3.05, 3.63) is 0 Å². The van der Waals surface area contributed by atoms with Crippen molar-refractivity contribution >= 4 is 0 Å². The first-order valence-electron chi connectivity index (χ1n) is 6.42. The second-order valence-electron chi connectivity index (χ2n) is 4.72. The van der Waals surface area contributed by atoms with Gasteiger partial charge in [-0.25, -0.2) is 0 Å². The molecule has 92 valence electrons. The maximum Gasteiger partial charge on any atom is 0.0462 e. The standard InChI is InChI=1S/C13H29NO/c1-5-9-14(11-8-13(2)3)10-6-7-12-15-4/h13H,5-12H2,1-4H3. The third kappa shape index (κ3) is 10.2. The Kier molecular flexibility index (Phi) is 10.4. The molecular weight excluding hydrogens is 186 g/mol. The van der Waals surface area contributed by atoms with Crippen molar-refractivity contribution in [2.75, 3.05) is 33.4 Å². The van der Waals surface area contributed by atoms with Crippen molar-refractivity contribution in [2.45, 2.75) is 46.5 Å². The molecule has 0 aromatic rings. The third-order valence-electron chi connectivity index (χ3n) is 2.64. The van der Waals surface area contributed by atoms with E-state index in [1.807, 2.05) is 0 Å². The highest BCUT2D eigenvalue weighted by Crippen LogP contribution is 2.04.